The number of nitrogens with zero attached hydrogens (tertiary/aromatic N) is 1. The van der Waals surface area contributed by atoms with Crippen molar-refractivity contribution < 1.29 is 9.59 Å². The van der Waals surface area contributed by atoms with E-state index in [4.69, 9.17) is 5.73 Å². The van der Waals surface area contributed by atoms with Gasteiger partial charge in [-0.15, -0.1) is 0 Å². The Kier molecular flexibility index (Phi) is 6.08. The first-order valence-corrected chi connectivity index (χ1v) is 9.49. The molecule has 1 saturated heterocycles. The number of likely N-dealkylation sites (tertiary alicyclic amines) is 1. The number of benzene rings is 1. The summed E-state index contributed by atoms with van der Waals surface area (Å²) in [4.78, 5) is 26.0. The average Bonchev–Trinajstić information content (AvgIpc) is 3.15. The molecule has 1 heterocycles. The van der Waals surface area contributed by atoms with Gasteiger partial charge in [-0.05, 0) is 50.3 Å². The number of carbonyl (C=O) groups is 2. The Morgan fingerprint density at radius 2 is 1.72 bits per heavy atom. The predicted octanol–water partition coefficient (Wildman–Crippen LogP) is 2.23. The van der Waals surface area contributed by atoms with Crippen molar-refractivity contribution in [2.24, 2.45) is 17.6 Å². The van der Waals surface area contributed by atoms with Crippen LogP contribution in [0.1, 0.15) is 50.1 Å². The fourth-order valence-electron chi connectivity index (χ4n) is 4.22. The van der Waals surface area contributed by atoms with Gasteiger partial charge in [-0.1, -0.05) is 43.2 Å². The molecular formula is C20H29N3O2. The summed E-state index contributed by atoms with van der Waals surface area (Å²) < 4.78 is 0. The second-order valence-electron chi connectivity index (χ2n) is 7.45. The maximum atomic E-state index is 12.6. The van der Waals surface area contributed by atoms with Gasteiger partial charge in [-0.25, -0.2) is 0 Å². The molecule has 0 radical (unpaired) electrons. The fourth-order valence-corrected chi connectivity index (χ4v) is 4.22. The van der Waals surface area contributed by atoms with Crippen molar-refractivity contribution in [2.45, 2.75) is 44.6 Å². The Morgan fingerprint density at radius 1 is 1.08 bits per heavy atom. The number of hydrogen-bond acceptors (Lipinski definition) is 3. The third-order valence-corrected chi connectivity index (χ3v) is 5.70. The van der Waals surface area contributed by atoms with Crippen LogP contribution in [-0.4, -0.2) is 36.3 Å². The van der Waals surface area contributed by atoms with Crippen molar-refractivity contribution in [3.63, 3.8) is 0 Å². The number of rotatable bonds is 6. The molecule has 0 unspecified atom stereocenters. The van der Waals surface area contributed by atoms with E-state index in [1.807, 2.05) is 18.2 Å². The Morgan fingerprint density at radius 3 is 2.32 bits per heavy atom. The number of amides is 2. The molecule has 1 atom stereocenters. The molecule has 0 bridgehead atoms. The van der Waals surface area contributed by atoms with Crippen molar-refractivity contribution >= 4 is 11.8 Å². The van der Waals surface area contributed by atoms with E-state index in [0.29, 0.717) is 12.5 Å². The van der Waals surface area contributed by atoms with Crippen LogP contribution >= 0.6 is 0 Å². The molecule has 1 aromatic carbocycles. The summed E-state index contributed by atoms with van der Waals surface area (Å²) in [6, 6.07) is 10.4. The van der Waals surface area contributed by atoms with E-state index in [2.05, 4.69) is 22.3 Å². The van der Waals surface area contributed by atoms with Gasteiger partial charge in [-0.2, -0.15) is 0 Å². The lowest BCUT2D eigenvalue weighted by atomic mass is 9.91. The van der Waals surface area contributed by atoms with Crippen molar-refractivity contribution in [3.05, 3.63) is 35.9 Å². The first-order valence-electron chi connectivity index (χ1n) is 9.49. The number of hydrogen-bond donors (Lipinski definition) is 2. The first-order chi connectivity index (χ1) is 12.1. The largest absolute Gasteiger partial charge is 0.369 e. The normalized spacial score (nSPS) is 21.1. The van der Waals surface area contributed by atoms with Gasteiger partial charge in [0, 0.05) is 5.92 Å². The van der Waals surface area contributed by atoms with Crippen LogP contribution in [0.25, 0.3) is 0 Å². The molecule has 1 aromatic rings. The smallest absolute Gasteiger partial charge is 0.234 e. The molecule has 2 fully saturated rings. The Balaban J connectivity index is 1.56. The van der Waals surface area contributed by atoms with Crippen LogP contribution in [0, 0.1) is 11.8 Å². The van der Waals surface area contributed by atoms with Gasteiger partial charge in [0.2, 0.25) is 11.8 Å². The van der Waals surface area contributed by atoms with E-state index < -0.39 is 0 Å². The monoisotopic (exact) mass is 343 g/mol. The highest BCUT2D eigenvalue weighted by Crippen LogP contribution is 2.35. The van der Waals surface area contributed by atoms with Crippen LogP contribution in [0.15, 0.2) is 30.3 Å². The standard InChI is InChI=1S/C20H29N3O2/c21-20(25)17-10-12-23(13-11-17)14-18(24)22-19(16-8-4-5-9-16)15-6-2-1-3-7-15/h1-3,6-7,16-17,19H,4-5,8-14H2,(H2,21,25)(H,22,24)/t19-/m0/s1. The zero-order chi connectivity index (χ0) is 17.6. The molecular weight excluding hydrogens is 314 g/mol. The summed E-state index contributed by atoms with van der Waals surface area (Å²) in [6.07, 6.45) is 6.39. The molecule has 136 valence electrons. The summed E-state index contributed by atoms with van der Waals surface area (Å²) in [5.74, 6) is 0.370. The lowest BCUT2D eigenvalue weighted by Crippen LogP contribution is -2.45. The number of nitrogens with one attached hydrogen (secondary N) is 1. The topological polar surface area (TPSA) is 75.4 Å². The molecule has 5 nitrogen and oxygen atoms in total. The van der Waals surface area contributed by atoms with Gasteiger partial charge in [0.1, 0.15) is 0 Å². The highest BCUT2D eigenvalue weighted by molar-refractivity contribution is 5.79. The zero-order valence-corrected chi connectivity index (χ0v) is 14.8. The van der Waals surface area contributed by atoms with Crippen LogP contribution in [0.5, 0.6) is 0 Å². The number of primary amides is 1. The van der Waals surface area contributed by atoms with Gasteiger partial charge in [0.25, 0.3) is 0 Å². The van der Waals surface area contributed by atoms with Crippen LogP contribution in [0.2, 0.25) is 0 Å². The van der Waals surface area contributed by atoms with Gasteiger partial charge >= 0.3 is 0 Å². The van der Waals surface area contributed by atoms with Crippen LogP contribution in [0.3, 0.4) is 0 Å². The second kappa shape index (κ2) is 8.48. The summed E-state index contributed by atoms with van der Waals surface area (Å²) >= 11 is 0. The molecule has 0 aromatic heterocycles. The minimum atomic E-state index is -0.213. The van der Waals surface area contributed by atoms with Crippen molar-refractivity contribution in [1.29, 1.82) is 0 Å². The SMILES string of the molecule is NC(=O)C1CCN(CC(=O)N[C@@H](c2ccccc2)C2CCCC2)CC1. The minimum Gasteiger partial charge on any atom is -0.369 e. The molecule has 5 heteroatoms. The quantitative estimate of drug-likeness (QED) is 0.832. The third-order valence-electron chi connectivity index (χ3n) is 5.70. The van der Waals surface area contributed by atoms with Crippen LogP contribution in [0.4, 0.5) is 0 Å². The van der Waals surface area contributed by atoms with E-state index in [-0.39, 0.29) is 23.8 Å². The number of nitrogens with two attached hydrogens (primary N) is 1. The average molecular weight is 343 g/mol. The van der Waals surface area contributed by atoms with Gasteiger partial charge in [0.05, 0.1) is 12.6 Å². The maximum absolute atomic E-state index is 12.6. The van der Waals surface area contributed by atoms with E-state index in [1.165, 1.54) is 31.2 Å². The molecule has 1 aliphatic heterocycles. The van der Waals surface area contributed by atoms with Crippen LogP contribution in [-0.2, 0) is 9.59 Å². The van der Waals surface area contributed by atoms with Crippen LogP contribution < -0.4 is 11.1 Å². The molecule has 2 aliphatic rings. The van der Waals surface area contributed by atoms with E-state index in [9.17, 15) is 9.59 Å². The molecule has 0 spiro atoms. The third kappa shape index (κ3) is 4.82. The fraction of sp³-hybridized carbons (Fsp3) is 0.600. The van der Waals surface area contributed by atoms with Gasteiger partial charge in [0.15, 0.2) is 0 Å². The van der Waals surface area contributed by atoms with Gasteiger partial charge < -0.3 is 11.1 Å². The summed E-state index contributed by atoms with van der Waals surface area (Å²) in [5, 5.41) is 3.28. The number of carbonyl (C=O) groups excluding carboxylic acids is 2. The highest BCUT2D eigenvalue weighted by atomic mass is 16.2. The molecule has 1 aliphatic carbocycles. The zero-order valence-electron chi connectivity index (χ0n) is 14.8. The van der Waals surface area contributed by atoms with E-state index >= 15 is 0 Å². The lowest BCUT2D eigenvalue weighted by molar-refractivity contribution is -0.124. The molecule has 2 amide bonds. The van der Waals surface area contributed by atoms with Crippen molar-refractivity contribution in [1.82, 2.24) is 10.2 Å². The molecule has 1 saturated carbocycles. The van der Waals surface area contributed by atoms with Gasteiger partial charge in [-0.3, -0.25) is 14.5 Å². The second-order valence-corrected chi connectivity index (χ2v) is 7.45. The first kappa shape index (κ1) is 17.9. The Hall–Kier alpha value is -1.88. The van der Waals surface area contributed by atoms with Crippen molar-refractivity contribution in [2.75, 3.05) is 19.6 Å². The summed E-state index contributed by atoms with van der Waals surface area (Å²) in [7, 11) is 0. The Bertz CT molecular complexity index is 576. The predicted molar refractivity (Wildman–Crippen MR) is 97.6 cm³/mol. The molecule has 3 N–H and O–H groups in total. The van der Waals surface area contributed by atoms with Crippen molar-refractivity contribution in [3.8, 4) is 0 Å². The van der Waals surface area contributed by atoms with E-state index in [1.54, 1.807) is 0 Å². The highest BCUT2D eigenvalue weighted by Gasteiger charge is 2.29. The maximum Gasteiger partial charge on any atom is 0.234 e. The molecule has 3 rings (SSSR count). The Labute approximate surface area is 150 Å². The summed E-state index contributed by atoms with van der Waals surface area (Å²) in [6.45, 7) is 1.93. The lowest BCUT2D eigenvalue weighted by Gasteiger charge is -2.31. The number of piperidine rings is 1. The van der Waals surface area contributed by atoms with E-state index in [0.717, 1.165) is 25.9 Å². The minimum absolute atomic E-state index is 0.0325. The summed E-state index contributed by atoms with van der Waals surface area (Å²) in [5.41, 5.74) is 6.58. The molecule has 25 heavy (non-hydrogen) atoms.